The summed E-state index contributed by atoms with van der Waals surface area (Å²) < 4.78 is 50.7. The minimum absolute atomic E-state index is 0.341. The molecule has 2 aromatic carbocycles. The molecule has 0 bridgehead atoms. The van der Waals surface area contributed by atoms with Gasteiger partial charge in [0.05, 0.1) is 30.2 Å². The molecule has 0 aliphatic carbocycles. The van der Waals surface area contributed by atoms with Crippen LogP contribution >= 0.6 is 0 Å². The molecule has 6 nitrogen and oxygen atoms in total. The van der Waals surface area contributed by atoms with E-state index in [1.807, 2.05) is 48.9 Å². The molecule has 0 amide bonds. The number of imidazole rings is 1. The molecule has 1 atom stereocenters. The van der Waals surface area contributed by atoms with E-state index in [9.17, 15) is 13.2 Å². The zero-order chi connectivity index (χ0) is 24.7. The molecule has 0 saturated carbocycles. The van der Waals surface area contributed by atoms with E-state index in [0.717, 1.165) is 35.5 Å². The Kier molecular flexibility index (Phi) is 5.70. The Morgan fingerprint density at radius 1 is 1.09 bits per heavy atom. The average molecular weight is 480 g/mol. The van der Waals surface area contributed by atoms with Crippen molar-refractivity contribution in [2.75, 3.05) is 7.11 Å². The van der Waals surface area contributed by atoms with Crippen LogP contribution in [0, 0.1) is 24.4 Å². The van der Waals surface area contributed by atoms with Crippen LogP contribution in [0.25, 0.3) is 17.8 Å². The first-order chi connectivity index (χ1) is 16.8. The summed E-state index contributed by atoms with van der Waals surface area (Å²) in [5.41, 5.74) is 2.22. The van der Waals surface area contributed by atoms with Crippen LogP contribution in [0.2, 0.25) is 0 Å². The Morgan fingerprint density at radius 2 is 1.86 bits per heavy atom. The standard InChI is InChI=1S/C26H24F3N5O/c1-16-14-33(15-30-16)21-7-5-17(11-22(21)35-3)6-8-23-31-25-26(2,9-4-10-34(25)32-23)18-12-19(27)24(29)20(28)13-18/h5-8,11-15H,4,9-10H2,1-3H3/b8-6+/t26-/m1/s1. The van der Waals surface area contributed by atoms with Crippen LogP contribution in [0.5, 0.6) is 5.75 Å². The van der Waals surface area contributed by atoms with Gasteiger partial charge in [-0.05, 0) is 68.2 Å². The van der Waals surface area contributed by atoms with Gasteiger partial charge in [0.2, 0.25) is 0 Å². The van der Waals surface area contributed by atoms with Gasteiger partial charge in [0.1, 0.15) is 11.6 Å². The highest BCUT2D eigenvalue weighted by Gasteiger charge is 2.38. The molecule has 0 fully saturated rings. The molecule has 0 saturated heterocycles. The lowest BCUT2D eigenvalue weighted by Gasteiger charge is -2.33. The van der Waals surface area contributed by atoms with Crippen LogP contribution in [-0.4, -0.2) is 31.4 Å². The quantitative estimate of drug-likeness (QED) is 0.356. The van der Waals surface area contributed by atoms with Crippen LogP contribution in [0.15, 0.2) is 42.9 Å². The molecule has 0 unspecified atom stereocenters. The topological polar surface area (TPSA) is 57.8 Å². The Balaban J connectivity index is 1.45. The summed E-state index contributed by atoms with van der Waals surface area (Å²) in [4.78, 5) is 8.93. The summed E-state index contributed by atoms with van der Waals surface area (Å²) in [6.45, 7) is 4.42. The van der Waals surface area contributed by atoms with Crippen LogP contribution in [0.1, 0.15) is 48.2 Å². The molecule has 1 aliphatic rings. The Hall–Kier alpha value is -3.88. The predicted octanol–water partition coefficient (Wildman–Crippen LogP) is 5.47. The van der Waals surface area contributed by atoms with Crippen molar-refractivity contribution in [2.24, 2.45) is 0 Å². The second kappa shape index (κ2) is 8.72. The number of fused-ring (bicyclic) bond motifs is 1. The fraction of sp³-hybridized carbons (Fsp3) is 0.269. The molecule has 0 radical (unpaired) electrons. The van der Waals surface area contributed by atoms with Crippen LogP contribution in [0.3, 0.4) is 0 Å². The Morgan fingerprint density at radius 3 is 2.54 bits per heavy atom. The SMILES string of the molecule is COc1cc(/C=C/c2nc3n(n2)CCC[C@]3(C)c2cc(F)c(F)c(F)c2)ccc1-n1cnc(C)c1. The van der Waals surface area contributed by atoms with Crippen molar-refractivity contribution in [3.05, 3.63) is 88.8 Å². The Labute approximate surface area is 200 Å². The minimum atomic E-state index is -1.47. The zero-order valence-corrected chi connectivity index (χ0v) is 19.6. The number of ether oxygens (including phenoxy) is 1. The van der Waals surface area contributed by atoms with Gasteiger partial charge in [-0.2, -0.15) is 5.10 Å². The number of halogens is 3. The molecule has 4 aromatic rings. The second-order valence-electron chi connectivity index (χ2n) is 8.89. The van der Waals surface area contributed by atoms with E-state index >= 15 is 0 Å². The number of rotatable bonds is 5. The van der Waals surface area contributed by atoms with Gasteiger partial charge in [-0.3, -0.25) is 0 Å². The van der Waals surface area contributed by atoms with Crippen molar-refractivity contribution in [1.82, 2.24) is 24.3 Å². The lowest BCUT2D eigenvalue weighted by Crippen LogP contribution is -2.33. The number of aromatic nitrogens is 5. The van der Waals surface area contributed by atoms with Gasteiger partial charge in [0.25, 0.3) is 0 Å². The van der Waals surface area contributed by atoms with Crippen LogP contribution in [-0.2, 0) is 12.0 Å². The summed E-state index contributed by atoms with van der Waals surface area (Å²) in [7, 11) is 1.61. The molecule has 0 N–H and O–H groups in total. The number of aryl methyl sites for hydroxylation is 2. The normalized spacial score (nSPS) is 17.7. The van der Waals surface area contributed by atoms with E-state index in [1.54, 1.807) is 24.2 Å². The first-order valence-electron chi connectivity index (χ1n) is 11.3. The lowest BCUT2D eigenvalue weighted by molar-refractivity contribution is 0.352. The number of nitrogens with zero attached hydrogens (tertiary/aromatic N) is 5. The van der Waals surface area contributed by atoms with Crippen molar-refractivity contribution in [2.45, 2.75) is 38.6 Å². The summed E-state index contributed by atoms with van der Waals surface area (Å²) >= 11 is 0. The van der Waals surface area contributed by atoms with Crippen molar-refractivity contribution < 1.29 is 17.9 Å². The number of benzene rings is 2. The van der Waals surface area contributed by atoms with E-state index in [2.05, 4.69) is 15.1 Å². The van der Waals surface area contributed by atoms with Crippen LogP contribution < -0.4 is 4.74 Å². The fourth-order valence-corrected chi connectivity index (χ4v) is 4.57. The smallest absolute Gasteiger partial charge is 0.194 e. The van der Waals surface area contributed by atoms with Crippen molar-refractivity contribution in [3.8, 4) is 11.4 Å². The third-order valence-corrected chi connectivity index (χ3v) is 6.47. The first-order valence-corrected chi connectivity index (χ1v) is 11.3. The molecule has 9 heteroatoms. The van der Waals surface area contributed by atoms with Gasteiger partial charge in [-0.25, -0.2) is 27.8 Å². The highest BCUT2D eigenvalue weighted by molar-refractivity contribution is 5.69. The summed E-state index contributed by atoms with van der Waals surface area (Å²) in [6, 6.07) is 7.90. The average Bonchev–Trinajstić information content (AvgIpc) is 3.47. The first kappa shape index (κ1) is 22.9. The third kappa shape index (κ3) is 4.11. The number of methoxy groups -OCH3 is 1. The predicted molar refractivity (Wildman–Crippen MR) is 126 cm³/mol. The Bertz CT molecular complexity index is 1420. The maximum atomic E-state index is 14.0. The zero-order valence-electron chi connectivity index (χ0n) is 19.6. The highest BCUT2D eigenvalue weighted by atomic mass is 19.2. The van der Waals surface area contributed by atoms with Crippen molar-refractivity contribution >= 4 is 12.2 Å². The van der Waals surface area contributed by atoms with Gasteiger partial charge in [-0.15, -0.1) is 0 Å². The van der Waals surface area contributed by atoms with Gasteiger partial charge in [0.15, 0.2) is 23.3 Å². The highest BCUT2D eigenvalue weighted by Crippen LogP contribution is 2.39. The van der Waals surface area contributed by atoms with E-state index in [0.29, 0.717) is 35.9 Å². The van der Waals surface area contributed by atoms with Gasteiger partial charge in [-0.1, -0.05) is 12.1 Å². The number of hydrogen-bond acceptors (Lipinski definition) is 4. The summed E-state index contributed by atoms with van der Waals surface area (Å²) in [5, 5.41) is 4.57. The monoisotopic (exact) mass is 479 g/mol. The number of hydrogen-bond donors (Lipinski definition) is 0. The van der Waals surface area contributed by atoms with Crippen molar-refractivity contribution in [3.63, 3.8) is 0 Å². The van der Waals surface area contributed by atoms with Gasteiger partial charge in [0, 0.05) is 12.7 Å². The molecule has 35 heavy (non-hydrogen) atoms. The van der Waals surface area contributed by atoms with E-state index in [-0.39, 0.29) is 0 Å². The molecule has 180 valence electrons. The summed E-state index contributed by atoms with van der Waals surface area (Å²) in [6.07, 6.45) is 8.68. The molecule has 5 rings (SSSR count). The molecule has 2 aromatic heterocycles. The van der Waals surface area contributed by atoms with Gasteiger partial charge >= 0.3 is 0 Å². The largest absolute Gasteiger partial charge is 0.495 e. The molecule has 1 aliphatic heterocycles. The van der Waals surface area contributed by atoms with Crippen molar-refractivity contribution in [1.29, 1.82) is 0 Å². The molecular formula is C26H24F3N5O. The van der Waals surface area contributed by atoms with E-state index in [4.69, 9.17) is 4.74 Å². The molecule has 0 spiro atoms. The fourth-order valence-electron chi connectivity index (χ4n) is 4.57. The maximum absolute atomic E-state index is 14.0. The maximum Gasteiger partial charge on any atom is 0.194 e. The molecule has 3 heterocycles. The van der Waals surface area contributed by atoms with Gasteiger partial charge < -0.3 is 9.30 Å². The second-order valence-corrected chi connectivity index (χ2v) is 8.89. The molecular weight excluding hydrogens is 455 g/mol. The van der Waals surface area contributed by atoms with E-state index < -0.39 is 22.9 Å². The third-order valence-electron chi connectivity index (χ3n) is 6.47. The lowest BCUT2D eigenvalue weighted by atomic mass is 9.76. The minimum Gasteiger partial charge on any atom is -0.495 e. The van der Waals surface area contributed by atoms with Crippen LogP contribution in [0.4, 0.5) is 13.2 Å². The van der Waals surface area contributed by atoms with E-state index in [1.165, 1.54) is 0 Å². The summed E-state index contributed by atoms with van der Waals surface area (Å²) in [5.74, 6) is -2.12.